The summed E-state index contributed by atoms with van der Waals surface area (Å²) in [6, 6.07) is 11.7. The van der Waals surface area contributed by atoms with Crippen molar-refractivity contribution in [3.8, 4) is 5.75 Å². The second-order valence-corrected chi connectivity index (χ2v) is 8.50. The molecule has 0 unspecified atom stereocenters. The van der Waals surface area contributed by atoms with Gasteiger partial charge in [0.1, 0.15) is 5.75 Å². The normalized spacial score (nSPS) is 14.7. The van der Waals surface area contributed by atoms with E-state index in [9.17, 15) is 4.79 Å². The van der Waals surface area contributed by atoms with Crippen molar-refractivity contribution >= 4 is 17.9 Å². The zero-order valence-corrected chi connectivity index (χ0v) is 17.2. The molecule has 0 atom stereocenters. The number of amides is 1. The predicted molar refractivity (Wildman–Crippen MR) is 113 cm³/mol. The minimum atomic E-state index is -0.278. The third-order valence-corrected chi connectivity index (χ3v) is 6.19. The molecule has 6 nitrogen and oxygen atoms in total. The van der Waals surface area contributed by atoms with Crippen molar-refractivity contribution in [2.75, 3.05) is 13.1 Å². The summed E-state index contributed by atoms with van der Waals surface area (Å²) in [5, 5.41) is 1.41. The number of aryl methyl sites for hydroxylation is 1. The highest BCUT2D eigenvalue weighted by molar-refractivity contribution is 7.99. The first-order valence-corrected chi connectivity index (χ1v) is 10.7. The Labute approximate surface area is 174 Å². The summed E-state index contributed by atoms with van der Waals surface area (Å²) in [5.41, 5.74) is 3.37. The molecule has 1 aliphatic heterocycles. The molecule has 7 heteroatoms. The van der Waals surface area contributed by atoms with Crippen molar-refractivity contribution in [2.24, 2.45) is 0 Å². The number of benzene rings is 1. The van der Waals surface area contributed by atoms with Gasteiger partial charge in [-0.2, -0.15) is 0 Å². The number of aromatic nitrogens is 3. The number of rotatable bonds is 5. The van der Waals surface area contributed by atoms with E-state index >= 15 is 0 Å². The maximum atomic E-state index is 12.5. The van der Waals surface area contributed by atoms with Crippen molar-refractivity contribution in [3.63, 3.8) is 0 Å². The number of hydrogen-bond acceptors (Lipinski definition) is 5. The topological polar surface area (TPSA) is 71.1 Å². The summed E-state index contributed by atoms with van der Waals surface area (Å²) in [5.74, 6) is 0.572. The molecule has 0 bridgehead atoms. The SMILES string of the molecule is Cc1ccnc(Cc2ccc(OC(=O)N3CCC(Sc4ncc[nH]4)CC3)cc2)c1. The zero-order chi connectivity index (χ0) is 20.1. The number of likely N-dealkylation sites (tertiary alicyclic amines) is 1. The molecule has 0 aliphatic carbocycles. The summed E-state index contributed by atoms with van der Waals surface area (Å²) < 4.78 is 5.57. The maximum absolute atomic E-state index is 12.5. The number of carbonyl (C=O) groups is 1. The number of carbonyl (C=O) groups excluding carboxylic acids is 1. The first-order valence-electron chi connectivity index (χ1n) is 9.79. The summed E-state index contributed by atoms with van der Waals surface area (Å²) >= 11 is 1.74. The lowest BCUT2D eigenvalue weighted by atomic mass is 10.1. The molecule has 2 aromatic heterocycles. The van der Waals surface area contributed by atoms with Crippen LogP contribution in [0.25, 0.3) is 0 Å². The monoisotopic (exact) mass is 408 g/mol. The fourth-order valence-electron chi connectivity index (χ4n) is 3.37. The largest absolute Gasteiger partial charge is 0.415 e. The average molecular weight is 409 g/mol. The predicted octanol–water partition coefficient (Wildman–Crippen LogP) is 4.46. The van der Waals surface area contributed by atoms with Gasteiger partial charge in [-0.3, -0.25) is 4.98 Å². The highest BCUT2D eigenvalue weighted by Gasteiger charge is 2.25. The molecule has 1 amide bonds. The molecule has 3 aromatic rings. The minimum Gasteiger partial charge on any atom is -0.410 e. The Morgan fingerprint density at radius 3 is 2.66 bits per heavy atom. The number of aromatic amines is 1. The summed E-state index contributed by atoms with van der Waals surface area (Å²) in [6.07, 6.45) is 7.77. The molecular formula is C22H24N4O2S. The van der Waals surface area contributed by atoms with Gasteiger partial charge < -0.3 is 14.6 Å². The average Bonchev–Trinajstić information content (AvgIpc) is 3.23. The van der Waals surface area contributed by atoms with E-state index in [0.29, 0.717) is 24.1 Å². The minimum absolute atomic E-state index is 0.278. The number of pyridine rings is 1. The molecule has 4 rings (SSSR count). The second-order valence-electron chi connectivity index (χ2n) is 7.21. The van der Waals surface area contributed by atoms with Gasteiger partial charge in [0, 0.05) is 49.0 Å². The Morgan fingerprint density at radius 2 is 1.97 bits per heavy atom. The Bertz CT molecular complexity index is 936. The summed E-state index contributed by atoms with van der Waals surface area (Å²) in [4.78, 5) is 26.0. The van der Waals surface area contributed by atoms with Crippen molar-refractivity contribution in [1.82, 2.24) is 19.9 Å². The van der Waals surface area contributed by atoms with Gasteiger partial charge >= 0.3 is 6.09 Å². The summed E-state index contributed by atoms with van der Waals surface area (Å²) in [7, 11) is 0. The summed E-state index contributed by atoms with van der Waals surface area (Å²) in [6.45, 7) is 3.47. The molecular weight excluding hydrogens is 384 g/mol. The number of ether oxygens (including phenoxy) is 1. The van der Waals surface area contributed by atoms with E-state index in [1.54, 1.807) is 22.9 Å². The number of nitrogens with one attached hydrogen (secondary N) is 1. The first kappa shape index (κ1) is 19.5. The van der Waals surface area contributed by atoms with Gasteiger partial charge in [0.2, 0.25) is 0 Å². The molecule has 1 saturated heterocycles. The fourth-order valence-corrected chi connectivity index (χ4v) is 4.39. The van der Waals surface area contributed by atoms with Crippen LogP contribution in [0.5, 0.6) is 5.75 Å². The van der Waals surface area contributed by atoms with Crippen LogP contribution in [0.15, 0.2) is 60.1 Å². The molecule has 0 saturated carbocycles. The second kappa shape index (κ2) is 9.13. The Balaban J connectivity index is 1.26. The third-order valence-electron chi connectivity index (χ3n) is 4.94. The number of thioether (sulfide) groups is 1. The van der Waals surface area contributed by atoms with Crippen LogP contribution in [0.1, 0.15) is 29.7 Å². The number of H-pyrrole nitrogens is 1. The maximum Gasteiger partial charge on any atom is 0.415 e. The zero-order valence-electron chi connectivity index (χ0n) is 16.4. The van der Waals surface area contributed by atoms with Crippen LogP contribution in [0.3, 0.4) is 0 Å². The lowest BCUT2D eigenvalue weighted by molar-refractivity contribution is 0.143. The number of nitrogens with zero attached hydrogens (tertiary/aromatic N) is 3. The van der Waals surface area contributed by atoms with Crippen LogP contribution >= 0.6 is 11.8 Å². The van der Waals surface area contributed by atoms with Crippen LogP contribution in [0, 0.1) is 6.92 Å². The smallest absolute Gasteiger partial charge is 0.410 e. The van der Waals surface area contributed by atoms with E-state index in [0.717, 1.165) is 35.7 Å². The molecule has 1 aromatic carbocycles. The lowest BCUT2D eigenvalue weighted by Crippen LogP contribution is -2.40. The van der Waals surface area contributed by atoms with Crippen molar-refractivity contribution in [3.05, 3.63) is 71.8 Å². The number of hydrogen-bond donors (Lipinski definition) is 1. The Kier molecular flexibility index (Phi) is 6.14. The van der Waals surface area contributed by atoms with Crippen LogP contribution in [0.2, 0.25) is 0 Å². The molecule has 150 valence electrons. The van der Waals surface area contributed by atoms with Crippen LogP contribution in [-0.2, 0) is 6.42 Å². The highest BCUT2D eigenvalue weighted by Crippen LogP contribution is 2.28. The molecule has 1 fully saturated rings. The molecule has 1 N–H and O–H groups in total. The molecule has 3 heterocycles. The third kappa shape index (κ3) is 5.38. The van der Waals surface area contributed by atoms with E-state index in [-0.39, 0.29) is 6.09 Å². The highest BCUT2D eigenvalue weighted by atomic mass is 32.2. The van der Waals surface area contributed by atoms with Crippen LogP contribution in [-0.4, -0.2) is 44.3 Å². The van der Waals surface area contributed by atoms with Crippen LogP contribution < -0.4 is 4.74 Å². The van der Waals surface area contributed by atoms with Gasteiger partial charge in [-0.25, -0.2) is 9.78 Å². The molecule has 0 spiro atoms. The van der Waals surface area contributed by atoms with Crippen molar-refractivity contribution in [1.29, 1.82) is 0 Å². The van der Waals surface area contributed by atoms with E-state index in [1.807, 2.05) is 42.7 Å². The van der Waals surface area contributed by atoms with Gasteiger partial charge in [0.25, 0.3) is 0 Å². The van der Waals surface area contributed by atoms with Gasteiger partial charge in [-0.15, -0.1) is 0 Å². The van der Waals surface area contributed by atoms with E-state index < -0.39 is 0 Å². The van der Waals surface area contributed by atoms with Gasteiger partial charge in [-0.1, -0.05) is 23.9 Å². The molecule has 1 aliphatic rings. The quantitative estimate of drug-likeness (QED) is 0.675. The van der Waals surface area contributed by atoms with Crippen molar-refractivity contribution < 1.29 is 9.53 Å². The molecule has 0 radical (unpaired) electrons. The number of piperidine rings is 1. The fraction of sp³-hybridized carbons (Fsp3) is 0.318. The van der Waals surface area contributed by atoms with Crippen LogP contribution in [0.4, 0.5) is 4.79 Å². The van der Waals surface area contributed by atoms with E-state index in [1.165, 1.54) is 5.56 Å². The van der Waals surface area contributed by atoms with Gasteiger partial charge in [0.05, 0.1) is 0 Å². The Morgan fingerprint density at radius 1 is 1.17 bits per heavy atom. The van der Waals surface area contributed by atoms with Gasteiger partial charge in [0.15, 0.2) is 5.16 Å². The Hall–Kier alpha value is -2.80. The number of imidazole rings is 1. The lowest BCUT2D eigenvalue weighted by Gasteiger charge is -2.30. The van der Waals surface area contributed by atoms with Gasteiger partial charge in [-0.05, 0) is 55.2 Å². The molecule has 29 heavy (non-hydrogen) atoms. The van der Waals surface area contributed by atoms with E-state index in [4.69, 9.17) is 4.74 Å². The van der Waals surface area contributed by atoms with E-state index in [2.05, 4.69) is 27.9 Å². The van der Waals surface area contributed by atoms with Crippen molar-refractivity contribution in [2.45, 2.75) is 36.6 Å². The standard InChI is InChI=1S/C22H24N4O2S/c1-16-6-9-23-18(14-16)15-17-2-4-19(5-3-17)28-22(27)26-12-7-20(8-13-26)29-21-24-10-11-25-21/h2-6,9-11,14,20H,7-8,12-13,15H2,1H3,(H,24,25). The first-order chi connectivity index (χ1) is 14.2.